The van der Waals surface area contributed by atoms with E-state index in [1.807, 2.05) is 49.1 Å². The molecule has 6 atom stereocenters. The minimum Gasteiger partial charge on any atom is -0.396 e. The number of benzene rings is 1. The van der Waals surface area contributed by atoms with E-state index >= 15 is 0 Å². The van der Waals surface area contributed by atoms with Gasteiger partial charge in [-0.3, -0.25) is 14.4 Å². The van der Waals surface area contributed by atoms with Crippen LogP contribution < -0.4 is 4.90 Å². The van der Waals surface area contributed by atoms with Crippen molar-refractivity contribution >= 4 is 35.2 Å². The zero-order valence-corrected chi connectivity index (χ0v) is 24.3. The van der Waals surface area contributed by atoms with Crippen LogP contribution in [0, 0.1) is 17.8 Å². The molecule has 212 valence electrons. The number of carbonyl (C=O) groups is 3. The van der Waals surface area contributed by atoms with Crippen LogP contribution in [0.4, 0.5) is 5.69 Å². The van der Waals surface area contributed by atoms with Gasteiger partial charge in [-0.1, -0.05) is 37.3 Å². The van der Waals surface area contributed by atoms with Crippen LogP contribution in [0.25, 0.3) is 0 Å². The van der Waals surface area contributed by atoms with Gasteiger partial charge >= 0.3 is 0 Å². The molecule has 1 N–H and O–H groups in total. The van der Waals surface area contributed by atoms with Gasteiger partial charge in [-0.15, -0.1) is 24.9 Å². The second-order valence-corrected chi connectivity index (χ2v) is 12.9. The number of hydrogen-bond donors (Lipinski definition) is 1. The smallest absolute Gasteiger partial charge is 0.247 e. The highest BCUT2D eigenvalue weighted by atomic mass is 32.2. The summed E-state index contributed by atoms with van der Waals surface area (Å²) in [5.41, 5.74) is 0.785. The molecule has 1 aromatic carbocycles. The number of para-hydroxylation sites is 1. The Morgan fingerprint density at radius 3 is 2.44 bits per heavy atom. The third-order valence-electron chi connectivity index (χ3n) is 8.70. The van der Waals surface area contributed by atoms with Gasteiger partial charge in [0.1, 0.15) is 6.04 Å². The van der Waals surface area contributed by atoms with Gasteiger partial charge < -0.3 is 19.8 Å². The quantitative estimate of drug-likeness (QED) is 0.294. The fourth-order valence-corrected chi connectivity index (χ4v) is 9.39. The molecule has 3 saturated heterocycles. The van der Waals surface area contributed by atoms with E-state index in [1.165, 1.54) is 0 Å². The van der Waals surface area contributed by atoms with Crippen LogP contribution in [0.3, 0.4) is 0 Å². The van der Waals surface area contributed by atoms with Crippen molar-refractivity contribution in [1.82, 2.24) is 9.80 Å². The lowest BCUT2D eigenvalue weighted by Crippen LogP contribution is -2.58. The first-order valence-corrected chi connectivity index (χ1v) is 15.1. The largest absolute Gasteiger partial charge is 0.396 e. The lowest BCUT2D eigenvalue weighted by atomic mass is 9.65. The van der Waals surface area contributed by atoms with Gasteiger partial charge in [-0.25, -0.2) is 0 Å². The summed E-state index contributed by atoms with van der Waals surface area (Å²) in [7, 11) is 0. The number of fused-ring (bicyclic) bond motifs is 1. The Bertz CT molecular complexity index is 1080. The van der Waals surface area contributed by atoms with Crippen LogP contribution in [0.2, 0.25) is 0 Å². The highest BCUT2D eigenvalue weighted by Gasteiger charge is 2.76. The van der Waals surface area contributed by atoms with E-state index in [2.05, 4.69) is 20.1 Å². The molecule has 0 radical (unpaired) electrons. The summed E-state index contributed by atoms with van der Waals surface area (Å²) >= 11 is 1.71. The average molecular weight is 554 g/mol. The summed E-state index contributed by atoms with van der Waals surface area (Å²) in [5, 5.41) is 9.26. The highest BCUT2D eigenvalue weighted by molar-refractivity contribution is 8.02. The maximum Gasteiger partial charge on any atom is 0.247 e. The van der Waals surface area contributed by atoms with Gasteiger partial charge in [0.05, 0.1) is 16.6 Å². The molecule has 1 aromatic rings. The second kappa shape index (κ2) is 12.3. The van der Waals surface area contributed by atoms with Crippen LogP contribution >= 0.6 is 11.8 Å². The topological polar surface area (TPSA) is 81.2 Å². The molecule has 0 aromatic heterocycles. The van der Waals surface area contributed by atoms with Gasteiger partial charge in [0, 0.05) is 43.2 Å². The predicted molar refractivity (Wildman–Crippen MR) is 157 cm³/mol. The molecular weight excluding hydrogens is 510 g/mol. The van der Waals surface area contributed by atoms with Crippen molar-refractivity contribution in [3.63, 3.8) is 0 Å². The van der Waals surface area contributed by atoms with Crippen LogP contribution in [0.15, 0.2) is 55.6 Å². The van der Waals surface area contributed by atoms with Crippen LogP contribution in [0.5, 0.6) is 0 Å². The van der Waals surface area contributed by atoms with E-state index in [9.17, 15) is 19.5 Å². The van der Waals surface area contributed by atoms with E-state index in [4.69, 9.17) is 0 Å². The van der Waals surface area contributed by atoms with Gasteiger partial charge in [-0.2, -0.15) is 0 Å². The molecule has 8 heteroatoms. The van der Waals surface area contributed by atoms with Gasteiger partial charge in [0.25, 0.3) is 0 Å². The van der Waals surface area contributed by atoms with E-state index in [0.29, 0.717) is 32.5 Å². The summed E-state index contributed by atoms with van der Waals surface area (Å²) < 4.78 is -0.652. The normalized spacial score (nSPS) is 29.0. The number of aliphatic hydroxyl groups is 1. The minimum absolute atomic E-state index is 0.0174. The Hall–Kier alpha value is -2.58. The summed E-state index contributed by atoms with van der Waals surface area (Å²) in [5.74, 6) is -1.13. The molecule has 1 spiro atoms. The molecule has 4 rings (SSSR count). The Kier molecular flexibility index (Phi) is 9.27. The Morgan fingerprint density at radius 2 is 1.82 bits per heavy atom. The molecule has 7 nitrogen and oxygen atoms in total. The third-order valence-corrected chi connectivity index (χ3v) is 10.8. The van der Waals surface area contributed by atoms with Gasteiger partial charge in [0.2, 0.25) is 17.7 Å². The number of unbranched alkanes of at least 4 members (excludes halogenated alkanes) is 2. The van der Waals surface area contributed by atoms with E-state index < -0.39 is 22.6 Å². The highest BCUT2D eigenvalue weighted by Crippen LogP contribution is 2.69. The first kappa shape index (κ1) is 29.4. The molecular formula is C31H43N3O4S. The molecule has 3 amide bonds. The maximum absolute atomic E-state index is 14.4. The Balaban J connectivity index is 1.76. The molecule has 3 aliphatic heterocycles. The number of rotatable bonds is 13. The number of amides is 3. The number of carbonyl (C=O) groups excluding carboxylic acids is 3. The average Bonchev–Trinajstić information content (AvgIpc) is 3.51. The van der Waals surface area contributed by atoms with Crippen molar-refractivity contribution in [2.24, 2.45) is 17.8 Å². The zero-order valence-electron chi connectivity index (χ0n) is 23.5. The molecule has 2 bridgehead atoms. The van der Waals surface area contributed by atoms with E-state index in [-0.39, 0.29) is 41.5 Å². The molecule has 3 fully saturated rings. The van der Waals surface area contributed by atoms with Crippen molar-refractivity contribution in [2.75, 3.05) is 31.1 Å². The second-order valence-electron chi connectivity index (χ2n) is 11.3. The van der Waals surface area contributed by atoms with Crippen LogP contribution in [-0.2, 0) is 14.4 Å². The molecule has 3 aliphatic rings. The number of hydrogen-bond acceptors (Lipinski definition) is 5. The Labute approximate surface area is 237 Å². The number of likely N-dealkylation sites (tertiary alicyclic amines) is 1. The summed E-state index contributed by atoms with van der Waals surface area (Å²) in [6, 6.07) is 8.87. The fourth-order valence-electron chi connectivity index (χ4n) is 6.98. The first-order chi connectivity index (χ1) is 18.7. The molecule has 39 heavy (non-hydrogen) atoms. The molecule has 0 aliphatic carbocycles. The number of aliphatic hydroxyl groups excluding tert-OH is 1. The van der Waals surface area contributed by atoms with Gasteiger partial charge in [-0.05, 0) is 57.6 Å². The predicted octanol–water partition coefficient (Wildman–Crippen LogP) is 4.13. The fraction of sp³-hybridized carbons (Fsp3) is 0.581. The summed E-state index contributed by atoms with van der Waals surface area (Å²) in [6.45, 7) is 15.2. The van der Waals surface area contributed by atoms with Crippen molar-refractivity contribution < 1.29 is 19.5 Å². The number of thioether (sulfide) groups is 1. The monoisotopic (exact) mass is 553 g/mol. The van der Waals surface area contributed by atoms with E-state index in [0.717, 1.165) is 18.5 Å². The minimum atomic E-state index is -0.652. The number of nitrogens with zero attached hydrogens (tertiary/aromatic N) is 3. The molecule has 3 unspecified atom stereocenters. The van der Waals surface area contributed by atoms with Crippen molar-refractivity contribution in [2.45, 2.75) is 68.5 Å². The van der Waals surface area contributed by atoms with Crippen LogP contribution in [-0.4, -0.2) is 80.9 Å². The zero-order chi connectivity index (χ0) is 28.3. The number of anilines is 1. The SMILES string of the molecule is C=CCN(C(=O)[C@@H]1[C@H]2C(=O)N(CCCCCO)C(C(=O)N(CC=C)C(C)C)C23S[C@@H]1CC3C)c1ccccc1. The van der Waals surface area contributed by atoms with Crippen LogP contribution in [0.1, 0.15) is 46.5 Å². The summed E-state index contributed by atoms with van der Waals surface area (Å²) in [4.78, 5) is 48.3. The Morgan fingerprint density at radius 1 is 1.13 bits per heavy atom. The van der Waals surface area contributed by atoms with Crippen molar-refractivity contribution in [1.29, 1.82) is 0 Å². The lowest BCUT2D eigenvalue weighted by Gasteiger charge is -2.41. The molecule has 0 saturated carbocycles. The maximum atomic E-state index is 14.4. The summed E-state index contributed by atoms with van der Waals surface area (Å²) in [6.07, 6.45) is 6.38. The molecule has 3 heterocycles. The third kappa shape index (κ3) is 5.06. The van der Waals surface area contributed by atoms with E-state index in [1.54, 1.807) is 33.7 Å². The van der Waals surface area contributed by atoms with Crippen molar-refractivity contribution in [3.05, 3.63) is 55.6 Å². The lowest BCUT2D eigenvalue weighted by molar-refractivity contribution is -0.143. The van der Waals surface area contributed by atoms with Gasteiger partial charge in [0.15, 0.2) is 0 Å². The van der Waals surface area contributed by atoms with Crippen molar-refractivity contribution in [3.8, 4) is 0 Å². The first-order valence-electron chi connectivity index (χ1n) is 14.2. The standard InChI is InChI=1S/C31H43N3O4S/c1-6-16-32(21(3)4)30(38)27-31-22(5)20-24(39-31)25(26(31)29(37)34(27)18-12-9-13-19-35)28(36)33(17-7-2)23-14-10-8-11-15-23/h6-8,10-11,14-15,21-22,24-27,35H,1-2,9,12-13,16-20H2,3-5H3/t22?,24-,25+,26+,27?,31?/m1/s1.